The quantitative estimate of drug-likeness (QED) is 0.433. The third-order valence-corrected chi connectivity index (χ3v) is 4.27. The highest BCUT2D eigenvalue weighted by Gasteiger charge is 2.09. The summed E-state index contributed by atoms with van der Waals surface area (Å²) in [5.41, 5.74) is 2.07. The third-order valence-electron chi connectivity index (χ3n) is 3.53. The number of aliphatic carboxylic acids is 2. The summed E-state index contributed by atoms with van der Waals surface area (Å²) in [7, 11) is 3.23. The van der Waals surface area contributed by atoms with Crippen molar-refractivity contribution in [1.82, 2.24) is 5.32 Å². The lowest BCUT2D eigenvalue weighted by atomic mass is 10.1. The van der Waals surface area contributed by atoms with Gasteiger partial charge in [-0.25, -0.2) is 14.0 Å². The first-order valence-electron chi connectivity index (χ1n) is 8.10. The molecule has 9 heteroatoms. The topological polar surface area (TPSA) is 105 Å². The summed E-state index contributed by atoms with van der Waals surface area (Å²) in [6, 6.07) is 10.5. The van der Waals surface area contributed by atoms with Crippen molar-refractivity contribution in [2.45, 2.75) is 13.0 Å². The third kappa shape index (κ3) is 7.93. The van der Waals surface area contributed by atoms with Crippen LogP contribution in [0.2, 0.25) is 0 Å². The average Bonchev–Trinajstić information content (AvgIpc) is 2.66. The highest BCUT2D eigenvalue weighted by molar-refractivity contribution is 9.10. The average molecular weight is 458 g/mol. The van der Waals surface area contributed by atoms with Crippen molar-refractivity contribution in [3.63, 3.8) is 0 Å². The lowest BCUT2D eigenvalue weighted by Gasteiger charge is -2.12. The maximum absolute atomic E-state index is 13.1. The molecule has 7 nitrogen and oxygen atoms in total. The van der Waals surface area contributed by atoms with Gasteiger partial charge in [-0.3, -0.25) is 0 Å². The molecule has 0 radical (unpaired) electrons. The monoisotopic (exact) mass is 457 g/mol. The number of carbonyl (C=O) groups is 2. The number of rotatable bonds is 7. The molecule has 0 aliphatic heterocycles. The van der Waals surface area contributed by atoms with E-state index in [0.717, 1.165) is 28.6 Å². The molecule has 0 unspecified atom stereocenters. The smallest absolute Gasteiger partial charge is 0.414 e. The second-order valence-corrected chi connectivity index (χ2v) is 6.32. The van der Waals surface area contributed by atoms with Gasteiger partial charge in [0.25, 0.3) is 0 Å². The molecule has 152 valence electrons. The van der Waals surface area contributed by atoms with Crippen molar-refractivity contribution >= 4 is 27.9 Å². The molecule has 2 aromatic carbocycles. The van der Waals surface area contributed by atoms with E-state index in [0.29, 0.717) is 18.0 Å². The Balaban J connectivity index is 0.000000568. The minimum absolute atomic E-state index is 0.194. The van der Waals surface area contributed by atoms with Crippen LogP contribution >= 0.6 is 15.9 Å². The zero-order valence-corrected chi connectivity index (χ0v) is 17.0. The highest BCUT2D eigenvalue weighted by atomic mass is 79.9. The lowest BCUT2D eigenvalue weighted by molar-refractivity contribution is -0.159. The summed E-state index contributed by atoms with van der Waals surface area (Å²) >= 11 is 3.53. The number of carboxylic acid groups (broad SMARTS) is 2. The maximum Gasteiger partial charge on any atom is 0.414 e. The predicted octanol–water partition coefficient (Wildman–Crippen LogP) is 3.09. The second-order valence-electron chi connectivity index (χ2n) is 5.47. The summed E-state index contributed by atoms with van der Waals surface area (Å²) in [5, 5.41) is 18.1. The fourth-order valence-corrected chi connectivity index (χ4v) is 2.64. The number of nitrogens with one attached hydrogen (secondary N) is 1. The van der Waals surface area contributed by atoms with Gasteiger partial charge in [0.05, 0.1) is 14.2 Å². The van der Waals surface area contributed by atoms with Crippen LogP contribution in [0.4, 0.5) is 4.39 Å². The number of hydrogen-bond donors (Lipinski definition) is 3. The molecule has 0 saturated carbocycles. The van der Waals surface area contributed by atoms with Crippen molar-refractivity contribution in [1.29, 1.82) is 0 Å². The molecule has 0 aliphatic carbocycles. The molecule has 0 heterocycles. The number of carboxylic acids is 2. The normalized spacial score (nSPS) is 9.86. The van der Waals surface area contributed by atoms with E-state index >= 15 is 0 Å². The molecular formula is C19H21BrFNO6. The number of ether oxygens (including phenoxy) is 2. The molecule has 0 atom stereocenters. The molecule has 0 aromatic heterocycles. The van der Waals surface area contributed by atoms with E-state index in [1.54, 1.807) is 26.4 Å². The van der Waals surface area contributed by atoms with Gasteiger partial charge in [-0.15, -0.1) is 0 Å². The van der Waals surface area contributed by atoms with Crippen LogP contribution < -0.4 is 14.8 Å². The maximum atomic E-state index is 13.1. The van der Waals surface area contributed by atoms with Gasteiger partial charge in [-0.2, -0.15) is 0 Å². The number of methoxy groups -OCH3 is 2. The SMILES string of the molecule is COc1cc(Br)c(CNCCc2cccc(F)c2)cc1OC.O=C(O)C(=O)O. The molecule has 0 saturated heterocycles. The second kappa shape index (κ2) is 11.9. The van der Waals surface area contributed by atoms with Crippen molar-refractivity contribution < 1.29 is 33.7 Å². The van der Waals surface area contributed by atoms with E-state index < -0.39 is 11.9 Å². The van der Waals surface area contributed by atoms with Gasteiger partial charge >= 0.3 is 11.9 Å². The van der Waals surface area contributed by atoms with Gasteiger partial charge in [0.15, 0.2) is 11.5 Å². The first kappa shape index (κ1) is 23.4. The molecule has 0 fully saturated rings. The van der Waals surface area contributed by atoms with E-state index in [2.05, 4.69) is 21.2 Å². The van der Waals surface area contributed by atoms with E-state index in [9.17, 15) is 4.39 Å². The van der Waals surface area contributed by atoms with Crippen LogP contribution in [0.25, 0.3) is 0 Å². The molecule has 28 heavy (non-hydrogen) atoms. The molecule has 0 aliphatic rings. The van der Waals surface area contributed by atoms with Crippen molar-refractivity contribution in [3.05, 3.63) is 57.8 Å². The van der Waals surface area contributed by atoms with E-state index in [1.165, 1.54) is 6.07 Å². The van der Waals surface area contributed by atoms with Crippen molar-refractivity contribution in [2.24, 2.45) is 0 Å². The fourth-order valence-electron chi connectivity index (χ4n) is 2.18. The van der Waals surface area contributed by atoms with Crippen molar-refractivity contribution in [2.75, 3.05) is 20.8 Å². The van der Waals surface area contributed by atoms with Crippen molar-refractivity contribution in [3.8, 4) is 11.5 Å². The van der Waals surface area contributed by atoms with Crippen LogP contribution in [-0.4, -0.2) is 42.9 Å². The largest absolute Gasteiger partial charge is 0.493 e. The number of hydrogen-bond acceptors (Lipinski definition) is 5. The molecule has 0 spiro atoms. The first-order chi connectivity index (χ1) is 13.3. The predicted molar refractivity (Wildman–Crippen MR) is 104 cm³/mol. The van der Waals surface area contributed by atoms with Crippen LogP contribution in [0.5, 0.6) is 11.5 Å². The number of halogens is 2. The van der Waals surface area contributed by atoms with E-state index in [4.69, 9.17) is 29.3 Å². The number of benzene rings is 2. The van der Waals surface area contributed by atoms with E-state index in [1.807, 2.05) is 18.2 Å². The Kier molecular flexibility index (Phi) is 9.97. The minimum atomic E-state index is -1.82. The van der Waals surface area contributed by atoms with Gasteiger partial charge in [-0.1, -0.05) is 28.1 Å². The Bertz CT molecular complexity index is 803. The standard InChI is InChI=1S/C17H19BrFNO2.C2H2O4/c1-21-16-9-13(15(18)10-17(16)22-2)11-20-7-6-12-4-3-5-14(19)8-12;3-1(4)2(5)6/h3-5,8-10,20H,6-7,11H2,1-2H3;(H,3,4)(H,5,6). The van der Waals surface area contributed by atoms with Crippen LogP contribution in [0, 0.1) is 5.82 Å². The minimum Gasteiger partial charge on any atom is -0.493 e. The van der Waals surface area contributed by atoms with Crippen LogP contribution in [0.15, 0.2) is 40.9 Å². The zero-order chi connectivity index (χ0) is 21.1. The zero-order valence-electron chi connectivity index (χ0n) is 15.4. The van der Waals surface area contributed by atoms with Crippen LogP contribution in [0.3, 0.4) is 0 Å². The highest BCUT2D eigenvalue weighted by Crippen LogP contribution is 2.33. The molecule has 3 N–H and O–H groups in total. The molecule has 2 aromatic rings. The summed E-state index contributed by atoms with van der Waals surface area (Å²) in [6.07, 6.45) is 0.780. The van der Waals surface area contributed by atoms with Gasteiger partial charge in [0.1, 0.15) is 5.82 Å². The van der Waals surface area contributed by atoms with Gasteiger partial charge in [0.2, 0.25) is 0 Å². The molecular weight excluding hydrogens is 437 g/mol. The Morgan fingerprint density at radius 3 is 2.21 bits per heavy atom. The lowest BCUT2D eigenvalue weighted by Crippen LogP contribution is -2.17. The Morgan fingerprint density at radius 1 is 1.07 bits per heavy atom. The van der Waals surface area contributed by atoms with Crippen LogP contribution in [0.1, 0.15) is 11.1 Å². The van der Waals surface area contributed by atoms with Gasteiger partial charge < -0.3 is 25.0 Å². The Morgan fingerprint density at radius 2 is 1.68 bits per heavy atom. The Labute approximate surface area is 170 Å². The fraction of sp³-hybridized carbons (Fsp3) is 0.263. The first-order valence-corrected chi connectivity index (χ1v) is 8.89. The molecule has 0 bridgehead atoms. The van der Waals surface area contributed by atoms with Gasteiger partial charge in [0, 0.05) is 11.0 Å². The van der Waals surface area contributed by atoms with E-state index in [-0.39, 0.29) is 5.82 Å². The molecule has 0 amide bonds. The molecule has 2 rings (SSSR count). The van der Waals surface area contributed by atoms with Gasteiger partial charge in [-0.05, 0) is 48.4 Å². The summed E-state index contributed by atoms with van der Waals surface area (Å²) in [4.78, 5) is 18.2. The Hall–Kier alpha value is -2.65. The summed E-state index contributed by atoms with van der Waals surface area (Å²) < 4.78 is 24.6. The summed E-state index contributed by atoms with van der Waals surface area (Å²) in [5.74, 6) is -2.45. The summed E-state index contributed by atoms with van der Waals surface area (Å²) in [6.45, 7) is 1.46. The van der Waals surface area contributed by atoms with Crippen LogP contribution in [-0.2, 0) is 22.6 Å².